The minimum absolute atomic E-state index is 0.00959. The number of nitrogens with one attached hydrogen (secondary N) is 1. The highest BCUT2D eigenvalue weighted by atomic mass is 35.5. The van der Waals surface area contributed by atoms with Crippen LogP contribution >= 0.6 is 11.6 Å². The molecule has 0 radical (unpaired) electrons. The molecule has 0 aromatic heterocycles. The van der Waals surface area contributed by atoms with Crippen LogP contribution in [0.25, 0.3) is 0 Å². The fraction of sp³-hybridized carbons (Fsp3) is 0.708. The summed E-state index contributed by atoms with van der Waals surface area (Å²) in [6.45, 7) is 4.46. The van der Waals surface area contributed by atoms with Gasteiger partial charge in [-0.2, -0.15) is 0 Å². The maximum absolute atomic E-state index is 12.5. The van der Waals surface area contributed by atoms with E-state index >= 15 is 0 Å². The molecule has 0 spiro atoms. The molecular weight excluding hydrogens is 432 g/mol. The van der Waals surface area contributed by atoms with Crippen molar-refractivity contribution in [1.82, 2.24) is 10.2 Å². The molecule has 32 heavy (non-hydrogen) atoms. The topological polar surface area (TPSA) is 80.3 Å². The summed E-state index contributed by atoms with van der Waals surface area (Å²) in [6.07, 6.45) is 3.58. The highest BCUT2D eigenvalue weighted by molar-refractivity contribution is 6.30. The van der Waals surface area contributed by atoms with Gasteiger partial charge in [-0.3, -0.25) is 9.69 Å². The lowest BCUT2D eigenvalue weighted by atomic mass is 9.92. The van der Waals surface area contributed by atoms with Gasteiger partial charge in [-0.05, 0) is 49.3 Å². The maximum atomic E-state index is 12.5. The van der Waals surface area contributed by atoms with E-state index in [1.807, 2.05) is 24.3 Å². The van der Waals surface area contributed by atoms with Crippen molar-refractivity contribution in [2.75, 3.05) is 39.5 Å². The summed E-state index contributed by atoms with van der Waals surface area (Å²) >= 11 is 5.92. The molecule has 0 aliphatic carbocycles. The SMILES string of the molecule is O=C(C[C@@H]1CC[C@H]2[C@@H](COC[C@H](O)CN2CC2CCOCC2)O1)NCc1ccc(Cl)cc1. The van der Waals surface area contributed by atoms with Crippen LogP contribution in [-0.2, 0) is 25.5 Å². The molecule has 3 aliphatic rings. The number of amides is 1. The number of aliphatic hydroxyl groups excluding tert-OH is 1. The highest BCUT2D eigenvalue weighted by Gasteiger charge is 2.38. The molecule has 4 atom stereocenters. The second kappa shape index (κ2) is 11.8. The first-order chi connectivity index (χ1) is 15.6. The normalized spacial score (nSPS) is 30.2. The molecule has 0 bridgehead atoms. The van der Waals surface area contributed by atoms with Gasteiger partial charge in [0.2, 0.25) is 5.91 Å². The lowest BCUT2D eigenvalue weighted by Crippen LogP contribution is -2.57. The average Bonchev–Trinajstić information content (AvgIpc) is 2.78. The zero-order valence-electron chi connectivity index (χ0n) is 18.6. The summed E-state index contributed by atoms with van der Waals surface area (Å²) in [7, 11) is 0. The van der Waals surface area contributed by atoms with E-state index in [2.05, 4.69) is 10.2 Å². The lowest BCUT2D eigenvalue weighted by molar-refractivity contribution is -0.159. The predicted octanol–water partition coefficient (Wildman–Crippen LogP) is 2.38. The maximum Gasteiger partial charge on any atom is 0.222 e. The Morgan fingerprint density at radius 3 is 2.66 bits per heavy atom. The Hall–Kier alpha value is -1.22. The molecule has 4 rings (SSSR count). The van der Waals surface area contributed by atoms with E-state index in [1.165, 1.54) is 0 Å². The highest BCUT2D eigenvalue weighted by Crippen LogP contribution is 2.29. The Morgan fingerprint density at radius 1 is 1.09 bits per heavy atom. The molecule has 3 heterocycles. The van der Waals surface area contributed by atoms with E-state index in [0.717, 1.165) is 51.0 Å². The molecule has 1 amide bonds. The van der Waals surface area contributed by atoms with Crippen LogP contribution in [0.5, 0.6) is 0 Å². The summed E-state index contributed by atoms with van der Waals surface area (Å²) in [5.41, 5.74) is 1.02. The predicted molar refractivity (Wildman–Crippen MR) is 122 cm³/mol. The van der Waals surface area contributed by atoms with Crippen molar-refractivity contribution in [3.05, 3.63) is 34.9 Å². The van der Waals surface area contributed by atoms with Gasteiger partial charge in [0.1, 0.15) is 0 Å². The van der Waals surface area contributed by atoms with Crippen LogP contribution in [0.15, 0.2) is 24.3 Å². The van der Waals surface area contributed by atoms with Crippen molar-refractivity contribution in [3.63, 3.8) is 0 Å². The monoisotopic (exact) mass is 466 g/mol. The number of fused-ring (bicyclic) bond motifs is 1. The number of benzene rings is 1. The van der Waals surface area contributed by atoms with Crippen molar-refractivity contribution >= 4 is 17.5 Å². The number of hydrogen-bond donors (Lipinski definition) is 2. The van der Waals surface area contributed by atoms with E-state index in [1.54, 1.807) is 0 Å². The molecule has 0 saturated carbocycles. The minimum atomic E-state index is -0.479. The van der Waals surface area contributed by atoms with Gasteiger partial charge in [-0.1, -0.05) is 23.7 Å². The minimum Gasteiger partial charge on any atom is -0.389 e. The summed E-state index contributed by atoms with van der Waals surface area (Å²) in [4.78, 5) is 14.9. The molecular formula is C24H35ClN2O5. The number of hydrogen-bond acceptors (Lipinski definition) is 6. The van der Waals surface area contributed by atoms with Crippen LogP contribution in [0.2, 0.25) is 5.02 Å². The first-order valence-corrected chi connectivity index (χ1v) is 12.2. The average molecular weight is 467 g/mol. The third kappa shape index (κ3) is 6.89. The van der Waals surface area contributed by atoms with E-state index in [4.69, 9.17) is 25.8 Å². The number of halogens is 1. The molecule has 1 aromatic carbocycles. The van der Waals surface area contributed by atoms with Crippen LogP contribution in [0.3, 0.4) is 0 Å². The Bertz CT molecular complexity index is 728. The van der Waals surface area contributed by atoms with E-state index in [9.17, 15) is 9.90 Å². The fourth-order valence-electron chi connectivity index (χ4n) is 5.00. The van der Waals surface area contributed by atoms with Gasteiger partial charge in [0.25, 0.3) is 0 Å². The Labute approximate surface area is 195 Å². The Morgan fingerprint density at radius 2 is 1.88 bits per heavy atom. The molecule has 3 fully saturated rings. The van der Waals surface area contributed by atoms with Gasteiger partial charge >= 0.3 is 0 Å². The van der Waals surface area contributed by atoms with Crippen molar-refractivity contribution in [1.29, 1.82) is 0 Å². The van der Waals surface area contributed by atoms with Crippen LogP contribution in [0, 0.1) is 5.92 Å². The number of carbonyl (C=O) groups is 1. The fourth-order valence-corrected chi connectivity index (χ4v) is 5.12. The molecule has 2 N–H and O–H groups in total. The first-order valence-electron chi connectivity index (χ1n) is 11.8. The second-order valence-corrected chi connectivity index (χ2v) is 9.69. The van der Waals surface area contributed by atoms with Gasteiger partial charge in [0.05, 0.1) is 37.9 Å². The van der Waals surface area contributed by atoms with Crippen molar-refractivity contribution in [2.24, 2.45) is 5.92 Å². The summed E-state index contributed by atoms with van der Waals surface area (Å²) < 4.78 is 17.6. The molecule has 0 unspecified atom stereocenters. The van der Waals surface area contributed by atoms with Gasteiger partial charge in [0.15, 0.2) is 0 Å². The van der Waals surface area contributed by atoms with Crippen LogP contribution < -0.4 is 5.32 Å². The number of aliphatic hydroxyl groups is 1. The zero-order chi connectivity index (χ0) is 22.3. The van der Waals surface area contributed by atoms with Gasteiger partial charge < -0.3 is 24.6 Å². The van der Waals surface area contributed by atoms with E-state index in [0.29, 0.717) is 43.7 Å². The zero-order valence-corrected chi connectivity index (χ0v) is 19.3. The van der Waals surface area contributed by atoms with Crippen molar-refractivity contribution in [3.8, 4) is 0 Å². The molecule has 3 aliphatic heterocycles. The second-order valence-electron chi connectivity index (χ2n) is 9.25. The summed E-state index contributed by atoms with van der Waals surface area (Å²) in [5, 5.41) is 14.0. The van der Waals surface area contributed by atoms with E-state index < -0.39 is 6.10 Å². The largest absolute Gasteiger partial charge is 0.389 e. The Balaban J connectivity index is 1.29. The van der Waals surface area contributed by atoms with Gasteiger partial charge in [0, 0.05) is 43.9 Å². The third-order valence-electron chi connectivity index (χ3n) is 6.74. The van der Waals surface area contributed by atoms with Crippen molar-refractivity contribution in [2.45, 2.75) is 63.0 Å². The number of rotatable bonds is 6. The summed E-state index contributed by atoms with van der Waals surface area (Å²) in [6, 6.07) is 7.69. The molecule has 3 saturated heterocycles. The molecule has 8 heteroatoms. The number of β-amino-alcohol motifs (C(OH)–C–C–N with tert-alkyl or cyclic N) is 1. The molecule has 178 valence electrons. The van der Waals surface area contributed by atoms with Crippen LogP contribution in [-0.4, -0.2) is 79.8 Å². The third-order valence-corrected chi connectivity index (χ3v) is 6.99. The van der Waals surface area contributed by atoms with Gasteiger partial charge in [-0.25, -0.2) is 0 Å². The Kier molecular flexibility index (Phi) is 8.80. The lowest BCUT2D eigenvalue weighted by Gasteiger charge is -2.45. The standard InChI is InChI=1S/C24H35ClN2O5/c25-19-3-1-17(2-4-19)12-26-24(29)11-21-5-6-22-23(32-21)16-31-15-20(28)14-27(22)13-18-7-9-30-10-8-18/h1-4,18,20-23,28H,5-16H2,(H,26,29)/t20-,21+,22+,23-/m1/s1. The number of carbonyl (C=O) groups excluding carboxylic acids is 1. The first kappa shape index (κ1) is 23.9. The quantitative estimate of drug-likeness (QED) is 0.670. The smallest absolute Gasteiger partial charge is 0.222 e. The van der Waals surface area contributed by atoms with Gasteiger partial charge in [-0.15, -0.1) is 0 Å². The molecule has 1 aromatic rings. The number of ether oxygens (including phenoxy) is 3. The summed E-state index contributed by atoms with van der Waals surface area (Å²) in [5.74, 6) is 0.581. The molecule has 7 nitrogen and oxygen atoms in total. The van der Waals surface area contributed by atoms with Crippen LogP contribution in [0.1, 0.15) is 37.7 Å². The van der Waals surface area contributed by atoms with E-state index in [-0.39, 0.29) is 24.2 Å². The van der Waals surface area contributed by atoms with Crippen molar-refractivity contribution < 1.29 is 24.1 Å². The van der Waals surface area contributed by atoms with Crippen LogP contribution in [0.4, 0.5) is 0 Å². The number of nitrogens with zero attached hydrogens (tertiary/aromatic N) is 1.